The average molecular weight is 248 g/mol. The maximum atomic E-state index is 5.74. The van der Waals surface area contributed by atoms with Gasteiger partial charge in [0.25, 0.3) is 0 Å². The van der Waals surface area contributed by atoms with Crippen molar-refractivity contribution < 1.29 is 4.74 Å². The summed E-state index contributed by atoms with van der Waals surface area (Å²) >= 11 is 0. The van der Waals surface area contributed by atoms with Crippen molar-refractivity contribution in [2.24, 2.45) is 0 Å². The molecule has 1 aromatic rings. The topological polar surface area (TPSA) is 24.5 Å². The zero-order valence-electron chi connectivity index (χ0n) is 11.5. The van der Waals surface area contributed by atoms with Gasteiger partial charge in [-0.25, -0.2) is 0 Å². The fourth-order valence-corrected chi connectivity index (χ4v) is 2.56. The van der Waals surface area contributed by atoms with Crippen molar-refractivity contribution >= 4 is 0 Å². The Hall–Kier alpha value is -1.06. The summed E-state index contributed by atoms with van der Waals surface area (Å²) in [4.78, 5) is 2.54. The molecule has 18 heavy (non-hydrogen) atoms. The molecule has 0 aliphatic carbocycles. The zero-order valence-corrected chi connectivity index (χ0v) is 11.5. The molecule has 0 bridgehead atoms. The van der Waals surface area contributed by atoms with E-state index in [1.165, 1.54) is 12.0 Å². The van der Waals surface area contributed by atoms with Gasteiger partial charge in [0.15, 0.2) is 0 Å². The molecule has 0 spiro atoms. The number of hydrogen-bond donors (Lipinski definition) is 1. The van der Waals surface area contributed by atoms with Crippen molar-refractivity contribution in [2.75, 3.05) is 32.8 Å². The first-order valence-electron chi connectivity index (χ1n) is 6.99. The highest BCUT2D eigenvalue weighted by Crippen LogP contribution is 2.29. The first-order valence-corrected chi connectivity index (χ1v) is 6.99. The number of benzene rings is 1. The van der Waals surface area contributed by atoms with Crippen LogP contribution in [-0.4, -0.2) is 37.7 Å². The summed E-state index contributed by atoms with van der Waals surface area (Å²) in [7, 11) is 0. The quantitative estimate of drug-likeness (QED) is 0.885. The van der Waals surface area contributed by atoms with E-state index in [2.05, 4.69) is 35.3 Å². The molecule has 1 unspecified atom stereocenters. The molecule has 100 valence electrons. The monoisotopic (exact) mass is 248 g/mol. The van der Waals surface area contributed by atoms with Crippen molar-refractivity contribution in [3.05, 3.63) is 29.8 Å². The van der Waals surface area contributed by atoms with E-state index in [-0.39, 0.29) is 0 Å². The van der Waals surface area contributed by atoms with Crippen LogP contribution >= 0.6 is 0 Å². The molecule has 1 heterocycles. The van der Waals surface area contributed by atoms with Gasteiger partial charge in [-0.2, -0.15) is 0 Å². The number of nitrogens with zero attached hydrogens (tertiary/aromatic N) is 1. The summed E-state index contributed by atoms with van der Waals surface area (Å²) < 4.78 is 5.74. The Bertz CT molecular complexity index is 359. The van der Waals surface area contributed by atoms with Crippen LogP contribution in [-0.2, 0) is 0 Å². The molecule has 2 rings (SSSR count). The van der Waals surface area contributed by atoms with Crippen molar-refractivity contribution in [1.29, 1.82) is 0 Å². The van der Waals surface area contributed by atoms with E-state index in [0.29, 0.717) is 6.04 Å². The maximum Gasteiger partial charge on any atom is 0.124 e. The van der Waals surface area contributed by atoms with Crippen LogP contribution in [0.2, 0.25) is 0 Å². The van der Waals surface area contributed by atoms with Crippen molar-refractivity contribution in [2.45, 2.75) is 26.3 Å². The molecule has 1 aromatic carbocycles. The highest BCUT2D eigenvalue weighted by Gasteiger charge is 2.19. The van der Waals surface area contributed by atoms with Crippen molar-refractivity contribution in [1.82, 2.24) is 10.2 Å². The van der Waals surface area contributed by atoms with E-state index < -0.39 is 0 Å². The summed E-state index contributed by atoms with van der Waals surface area (Å²) in [5.74, 6) is 1.03. The van der Waals surface area contributed by atoms with Crippen LogP contribution in [0, 0.1) is 0 Å². The fraction of sp³-hybridized carbons (Fsp3) is 0.600. The lowest BCUT2D eigenvalue weighted by Gasteiger charge is -2.28. The number of nitrogens with one attached hydrogen (secondary N) is 1. The highest BCUT2D eigenvalue weighted by atomic mass is 16.5. The van der Waals surface area contributed by atoms with Crippen LogP contribution in [0.5, 0.6) is 5.75 Å². The molecule has 1 saturated heterocycles. The Morgan fingerprint density at radius 3 is 2.94 bits per heavy atom. The van der Waals surface area contributed by atoms with Gasteiger partial charge in [0, 0.05) is 24.7 Å². The third-order valence-electron chi connectivity index (χ3n) is 3.59. The number of para-hydroxylation sites is 1. The van der Waals surface area contributed by atoms with Gasteiger partial charge in [-0.15, -0.1) is 0 Å². The first-order chi connectivity index (χ1) is 8.83. The summed E-state index contributed by atoms with van der Waals surface area (Å²) in [6.07, 6.45) is 1.22. The minimum atomic E-state index is 0.424. The Labute approximate surface area is 110 Å². The Morgan fingerprint density at radius 1 is 1.28 bits per heavy atom. The van der Waals surface area contributed by atoms with Crippen LogP contribution in [0.4, 0.5) is 0 Å². The third kappa shape index (κ3) is 3.24. The summed E-state index contributed by atoms with van der Waals surface area (Å²) in [6, 6.07) is 8.84. The van der Waals surface area contributed by atoms with Gasteiger partial charge in [-0.1, -0.05) is 18.2 Å². The normalized spacial score (nSPS) is 19.2. The molecule has 1 aliphatic rings. The Balaban J connectivity index is 2.13. The fourth-order valence-electron chi connectivity index (χ4n) is 2.56. The standard InChI is InChI=1S/C15H24N2O/c1-3-18-15-8-5-4-7-14(15)13(2)17-11-6-9-16-10-12-17/h4-5,7-8,13,16H,3,6,9-12H2,1-2H3. The lowest BCUT2D eigenvalue weighted by atomic mass is 10.1. The zero-order chi connectivity index (χ0) is 12.8. The molecule has 1 fully saturated rings. The van der Waals surface area contributed by atoms with Crippen LogP contribution in [0.3, 0.4) is 0 Å². The second kappa shape index (κ2) is 6.76. The molecule has 1 aliphatic heterocycles. The van der Waals surface area contributed by atoms with Crippen molar-refractivity contribution in [3.8, 4) is 5.75 Å². The van der Waals surface area contributed by atoms with Gasteiger partial charge in [0.2, 0.25) is 0 Å². The summed E-state index contributed by atoms with van der Waals surface area (Å²) in [6.45, 7) is 9.54. The average Bonchev–Trinajstić information content (AvgIpc) is 2.68. The lowest BCUT2D eigenvalue weighted by molar-refractivity contribution is 0.218. The van der Waals surface area contributed by atoms with Gasteiger partial charge < -0.3 is 10.1 Å². The molecule has 0 amide bonds. The van der Waals surface area contributed by atoms with Gasteiger partial charge >= 0.3 is 0 Å². The molecule has 1 atom stereocenters. The van der Waals surface area contributed by atoms with Crippen LogP contribution in [0.1, 0.15) is 31.9 Å². The lowest BCUT2D eigenvalue weighted by Crippen LogP contribution is -2.31. The van der Waals surface area contributed by atoms with Crippen molar-refractivity contribution in [3.63, 3.8) is 0 Å². The smallest absolute Gasteiger partial charge is 0.124 e. The minimum Gasteiger partial charge on any atom is -0.494 e. The van der Waals surface area contributed by atoms with Gasteiger partial charge in [0.1, 0.15) is 5.75 Å². The molecular formula is C15H24N2O. The van der Waals surface area contributed by atoms with Crippen LogP contribution in [0.25, 0.3) is 0 Å². The summed E-state index contributed by atoms with van der Waals surface area (Å²) in [5.41, 5.74) is 1.31. The molecular weight excluding hydrogens is 224 g/mol. The second-order valence-corrected chi connectivity index (χ2v) is 4.79. The third-order valence-corrected chi connectivity index (χ3v) is 3.59. The molecule has 0 saturated carbocycles. The first kappa shape index (κ1) is 13.4. The number of hydrogen-bond acceptors (Lipinski definition) is 3. The van der Waals surface area contributed by atoms with Crippen LogP contribution in [0.15, 0.2) is 24.3 Å². The maximum absolute atomic E-state index is 5.74. The highest BCUT2D eigenvalue weighted by molar-refractivity contribution is 5.35. The van der Waals surface area contributed by atoms with E-state index in [4.69, 9.17) is 4.74 Å². The Kier molecular flexibility index (Phi) is 5.02. The molecule has 1 N–H and O–H groups in total. The van der Waals surface area contributed by atoms with E-state index in [1.807, 2.05) is 13.0 Å². The predicted octanol–water partition coefficient (Wildman–Crippen LogP) is 2.44. The Morgan fingerprint density at radius 2 is 2.11 bits per heavy atom. The van der Waals surface area contributed by atoms with Crippen LogP contribution < -0.4 is 10.1 Å². The van der Waals surface area contributed by atoms with E-state index in [9.17, 15) is 0 Å². The SMILES string of the molecule is CCOc1ccccc1C(C)N1CCCNCC1. The number of rotatable bonds is 4. The van der Waals surface area contributed by atoms with Gasteiger partial charge in [-0.3, -0.25) is 4.90 Å². The molecule has 0 radical (unpaired) electrons. The molecule has 3 nitrogen and oxygen atoms in total. The largest absolute Gasteiger partial charge is 0.494 e. The van der Waals surface area contributed by atoms with E-state index >= 15 is 0 Å². The summed E-state index contributed by atoms with van der Waals surface area (Å²) in [5, 5.41) is 3.45. The van der Waals surface area contributed by atoms with Gasteiger partial charge in [-0.05, 0) is 39.4 Å². The van der Waals surface area contributed by atoms with E-state index in [1.54, 1.807) is 0 Å². The van der Waals surface area contributed by atoms with E-state index in [0.717, 1.165) is 38.5 Å². The minimum absolute atomic E-state index is 0.424. The molecule has 0 aromatic heterocycles. The predicted molar refractivity (Wildman–Crippen MR) is 75.1 cm³/mol. The second-order valence-electron chi connectivity index (χ2n) is 4.79. The van der Waals surface area contributed by atoms with Gasteiger partial charge in [0.05, 0.1) is 6.61 Å². The number of ether oxygens (including phenoxy) is 1. The molecule has 3 heteroatoms.